The van der Waals surface area contributed by atoms with Crippen LogP contribution in [0.15, 0.2) is 24.3 Å². The highest BCUT2D eigenvalue weighted by molar-refractivity contribution is 5.75. The van der Waals surface area contributed by atoms with Crippen molar-refractivity contribution in [2.45, 2.75) is 6.61 Å². The topological polar surface area (TPSA) is 72.6 Å². The van der Waals surface area contributed by atoms with E-state index in [-0.39, 0.29) is 13.2 Å². The molecule has 0 atom stereocenters. The van der Waals surface area contributed by atoms with Crippen LogP contribution >= 0.6 is 0 Å². The first-order valence-corrected chi connectivity index (χ1v) is 3.83. The summed E-state index contributed by atoms with van der Waals surface area (Å²) in [6.45, 7) is -0.130. The molecule has 1 aromatic carbocycles. The second-order valence-electron chi connectivity index (χ2n) is 2.56. The molecule has 0 aliphatic heterocycles. The van der Waals surface area contributed by atoms with E-state index in [9.17, 15) is 4.79 Å². The smallest absolute Gasteiger partial charge is 0.255 e. The lowest BCUT2D eigenvalue weighted by Crippen LogP contribution is -2.19. The number of ether oxygens (including phenoxy) is 1. The van der Waals surface area contributed by atoms with Gasteiger partial charge >= 0.3 is 0 Å². The van der Waals surface area contributed by atoms with Crippen LogP contribution in [-0.4, -0.2) is 17.6 Å². The summed E-state index contributed by atoms with van der Waals surface area (Å²) in [5.74, 6) is 0.0576. The normalized spacial score (nSPS) is 9.62. The highest BCUT2D eigenvalue weighted by Gasteiger charge is 1.96. The predicted octanol–water partition coefficient (Wildman–Crippen LogP) is 0.0430. The van der Waals surface area contributed by atoms with Crippen LogP contribution in [0.1, 0.15) is 5.56 Å². The Balaban J connectivity index is 2.54. The van der Waals surface area contributed by atoms with Gasteiger partial charge in [0.05, 0.1) is 6.61 Å². The molecule has 0 aliphatic carbocycles. The third kappa shape index (κ3) is 3.13. The van der Waals surface area contributed by atoms with Crippen LogP contribution in [0.2, 0.25) is 0 Å². The van der Waals surface area contributed by atoms with Gasteiger partial charge in [-0.15, -0.1) is 0 Å². The molecule has 0 fully saturated rings. The third-order valence-electron chi connectivity index (χ3n) is 1.49. The number of carbonyl (C=O) groups excluding carboxylic acids is 1. The summed E-state index contributed by atoms with van der Waals surface area (Å²) in [5, 5.41) is 8.73. The quantitative estimate of drug-likeness (QED) is 0.689. The van der Waals surface area contributed by atoms with Gasteiger partial charge in [-0.25, -0.2) is 0 Å². The van der Waals surface area contributed by atoms with Crippen molar-refractivity contribution in [3.8, 4) is 5.75 Å². The standard InChI is InChI=1S/C9H11NO3/c10-9(12)6-13-8-3-1-7(5-11)2-4-8/h1-4,11H,5-6H2,(H2,10,12). The van der Waals surface area contributed by atoms with Gasteiger partial charge in [0.1, 0.15) is 5.75 Å². The molecule has 13 heavy (non-hydrogen) atoms. The minimum Gasteiger partial charge on any atom is -0.484 e. The maximum absolute atomic E-state index is 10.4. The van der Waals surface area contributed by atoms with Crippen molar-refractivity contribution >= 4 is 5.91 Å². The summed E-state index contributed by atoms with van der Waals surface area (Å²) in [4.78, 5) is 10.4. The Bertz CT molecular complexity index is 281. The monoisotopic (exact) mass is 181 g/mol. The number of nitrogens with two attached hydrogens (primary N) is 1. The van der Waals surface area contributed by atoms with E-state index in [1.165, 1.54) is 0 Å². The first-order valence-electron chi connectivity index (χ1n) is 3.83. The van der Waals surface area contributed by atoms with Gasteiger partial charge in [-0.05, 0) is 17.7 Å². The SMILES string of the molecule is NC(=O)COc1ccc(CO)cc1. The molecule has 0 radical (unpaired) electrons. The zero-order chi connectivity index (χ0) is 9.68. The highest BCUT2D eigenvalue weighted by atomic mass is 16.5. The fraction of sp³-hybridized carbons (Fsp3) is 0.222. The van der Waals surface area contributed by atoms with Gasteiger partial charge in [0.15, 0.2) is 6.61 Å². The van der Waals surface area contributed by atoms with Crippen LogP contribution in [0.4, 0.5) is 0 Å². The van der Waals surface area contributed by atoms with E-state index in [1.54, 1.807) is 24.3 Å². The van der Waals surface area contributed by atoms with Gasteiger partial charge in [-0.1, -0.05) is 12.1 Å². The second-order valence-corrected chi connectivity index (χ2v) is 2.56. The van der Waals surface area contributed by atoms with Crippen LogP contribution in [0.25, 0.3) is 0 Å². The number of amides is 1. The number of primary amides is 1. The molecule has 1 rings (SSSR count). The molecule has 0 bridgehead atoms. The van der Waals surface area contributed by atoms with Crippen LogP contribution in [0.3, 0.4) is 0 Å². The average molecular weight is 181 g/mol. The summed E-state index contributed by atoms with van der Waals surface area (Å²) in [6, 6.07) is 6.79. The van der Waals surface area contributed by atoms with E-state index in [4.69, 9.17) is 15.6 Å². The molecular weight excluding hydrogens is 170 g/mol. The van der Waals surface area contributed by atoms with E-state index in [2.05, 4.69) is 0 Å². The number of hydrogen-bond acceptors (Lipinski definition) is 3. The van der Waals surface area contributed by atoms with Crippen molar-refractivity contribution in [3.63, 3.8) is 0 Å². The average Bonchev–Trinajstić information content (AvgIpc) is 2.15. The summed E-state index contributed by atoms with van der Waals surface area (Å²) >= 11 is 0. The second kappa shape index (κ2) is 4.47. The van der Waals surface area contributed by atoms with E-state index < -0.39 is 5.91 Å². The fourth-order valence-corrected chi connectivity index (χ4v) is 0.846. The Morgan fingerprint density at radius 2 is 2.00 bits per heavy atom. The van der Waals surface area contributed by atoms with Crippen molar-refractivity contribution in [1.29, 1.82) is 0 Å². The lowest BCUT2D eigenvalue weighted by Gasteiger charge is -2.03. The van der Waals surface area contributed by atoms with Gasteiger partial charge in [0.2, 0.25) is 0 Å². The molecule has 70 valence electrons. The first-order chi connectivity index (χ1) is 6.22. The van der Waals surface area contributed by atoms with E-state index in [0.717, 1.165) is 5.56 Å². The number of rotatable bonds is 4. The zero-order valence-electron chi connectivity index (χ0n) is 7.06. The Morgan fingerprint density at radius 3 is 2.46 bits per heavy atom. The molecule has 0 aliphatic rings. The summed E-state index contributed by atoms with van der Waals surface area (Å²) in [5.41, 5.74) is 5.69. The lowest BCUT2D eigenvalue weighted by molar-refractivity contribution is -0.119. The van der Waals surface area contributed by atoms with Crippen molar-refractivity contribution in [3.05, 3.63) is 29.8 Å². The van der Waals surface area contributed by atoms with Crippen molar-refractivity contribution < 1.29 is 14.6 Å². The van der Waals surface area contributed by atoms with E-state index >= 15 is 0 Å². The van der Waals surface area contributed by atoms with Crippen molar-refractivity contribution in [1.82, 2.24) is 0 Å². The zero-order valence-corrected chi connectivity index (χ0v) is 7.06. The Kier molecular flexibility index (Phi) is 3.28. The molecule has 0 saturated carbocycles. The van der Waals surface area contributed by atoms with Gasteiger partial charge in [-0.2, -0.15) is 0 Å². The number of hydrogen-bond donors (Lipinski definition) is 2. The predicted molar refractivity (Wildman–Crippen MR) is 47.1 cm³/mol. The fourth-order valence-electron chi connectivity index (χ4n) is 0.846. The molecule has 0 unspecified atom stereocenters. The maximum atomic E-state index is 10.4. The van der Waals surface area contributed by atoms with Gasteiger partial charge < -0.3 is 15.6 Å². The van der Waals surface area contributed by atoms with Gasteiger partial charge in [0.25, 0.3) is 5.91 Å². The Hall–Kier alpha value is -1.55. The number of benzene rings is 1. The maximum Gasteiger partial charge on any atom is 0.255 e. The summed E-state index contributed by atoms with van der Waals surface area (Å²) < 4.78 is 5.01. The van der Waals surface area contributed by atoms with Gasteiger partial charge in [0, 0.05) is 0 Å². The minimum absolute atomic E-state index is 0.00387. The van der Waals surface area contributed by atoms with Crippen LogP contribution in [0.5, 0.6) is 5.75 Å². The summed E-state index contributed by atoms with van der Waals surface area (Å²) in [7, 11) is 0. The minimum atomic E-state index is -0.508. The number of aliphatic hydroxyl groups is 1. The third-order valence-corrected chi connectivity index (χ3v) is 1.49. The van der Waals surface area contributed by atoms with Crippen LogP contribution in [-0.2, 0) is 11.4 Å². The highest BCUT2D eigenvalue weighted by Crippen LogP contribution is 2.11. The molecule has 4 nitrogen and oxygen atoms in total. The number of aliphatic hydroxyl groups excluding tert-OH is 1. The number of carbonyl (C=O) groups is 1. The Labute approximate surface area is 75.9 Å². The molecule has 3 N–H and O–H groups in total. The van der Waals surface area contributed by atoms with Crippen molar-refractivity contribution in [2.75, 3.05) is 6.61 Å². The van der Waals surface area contributed by atoms with Crippen LogP contribution < -0.4 is 10.5 Å². The lowest BCUT2D eigenvalue weighted by atomic mass is 10.2. The first kappa shape index (κ1) is 9.54. The van der Waals surface area contributed by atoms with Crippen LogP contribution in [0, 0.1) is 0 Å². The molecule has 1 aromatic rings. The molecule has 0 saturated heterocycles. The Morgan fingerprint density at radius 1 is 1.38 bits per heavy atom. The summed E-state index contributed by atoms with van der Waals surface area (Å²) in [6.07, 6.45) is 0. The van der Waals surface area contributed by atoms with E-state index in [1.807, 2.05) is 0 Å². The molecule has 0 spiro atoms. The molecule has 4 heteroatoms. The van der Waals surface area contributed by atoms with Gasteiger partial charge in [-0.3, -0.25) is 4.79 Å². The molecular formula is C9H11NO3. The largest absolute Gasteiger partial charge is 0.484 e. The molecule has 0 aromatic heterocycles. The molecule has 0 heterocycles. The van der Waals surface area contributed by atoms with E-state index in [0.29, 0.717) is 5.75 Å². The molecule has 1 amide bonds. The van der Waals surface area contributed by atoms with Crippen molar-refractivity contribution in [2.24, 2.45) is 5.73 Å².